The van der Waals surface area contributed by atoms with Crippen LogP contribution in [0, 0.1) is 12.3 Å². The molecule has 0 heterocycles. The third-order valence-corrected chi connectivity index (χ3v) is 3.82. The van der Waals surface area contributed by atoms with E-state index in [4.69, 9.17) is 0 Å². The van der Waals surface area contributed by atoms with Crippen LogP contribution in [-0.2, 0) is 5.60 Å². The molecule has 16 heavy (non-hydrogen) atoms. The molecule has 0 amide bonds. The van der Waals surface area contributed by atoms with E-state index in [9.17, 15) is 5.11 Å². The minimum absolute atomic E-state index is 0.100. The molecule has 1 atom stereocenters. The highest BCUT2D eigenvalue weighted by atomic mass is 16.3. The van der Waals surface area contributed by atoms with Crippen LogP contribution < -0.4 is 0 Å². The Morgan fingerprint density at radius 3 is 2.31 bits per heavy atom. The Kier molecular flexibility index (Phi) is 2.67. The molecule has 1 aliphatic carbocycles. The highest BCUT2D eigenvalue weighted by Crippen LogP contribution is 2.46. The molecule has 1 nitrogen and oxygen atoms in total. The lowest BCUT2D eigenvalue weighted by Crippen LogP contribution is -2.41. The van der Waals surface area contributed by atoms with E-state index in [1.165, 1.54) is 5.56 Å². The lowest BCUT2D eigenvalue weighted by Gasteiger charge is -2.43. The molecule has 0 aromatic heterocycles. The maximum atomic E-state index is 10.9. The van der Waals surface area contributed by atoms with Gasteiger partial charge in [-0.1, -0.05) is 55.8 Å². The van der Waals surface area contributed by atoms with Gasteiger partial charge in [0.1, 0.15) is 5.60 Å². The first-order chi connectivity index (χ1) is 7.46. The zero-order valence-electron chi connectivity index (χ0n) is 10.3. The Balaban J connectivity index is 2.47. The van der Waals surface area contributed by atoms with E-state index >= 15 is 0 Å². The molecule has 2 rings (SSSR count). The standard InChI is InChI=1S/C15H20O/c1-12-6-8-13(9-7-12)15(16)11-5-4-10-14(15,2)3/h5-9,11,16H,4,10H2,1-3H3. The lowest BCUT2D eigenvalue weighted by molar-refractivity contribution is -0.0398. The molecule has 1 unspecified atom stereocenters. The van der Waals surface area contributed by atoms with Gasteiger partial charge in [0.2, 0.25) is 0 Å². The SMILES string of the molecule is Cc1ccc(C2(O)C=CCCC2(C)C)cc1. The number of hydrogen-bond acceptors (Lipinski definition) is 1. The van der Waals surface area contributed by atoms with Crippen molar-refractivity contribution in [2.24, 2.45) is 5.41 Å². The third kappa shape index (κ3) is 1.69. The van der Waals surface area contributed by atoms with Crippen LogP contribution in [0.2, 0.25) is 0 Å². The maximum Gasteiger partial charge on any atom is 0.113 e. The fraction of sp³-hybridized carbons (Fsp3) is 0.467. The van der Waals surface area contributed by atoms with Crippen LogP contribution in [0.1, 0.15) is 37.8 Å². The summed E-state index contributed by atoms with van der Waals surface area (Å²) >= 11 is 0. The van der Waals surface area contributed by atoms with Crippen molar-refractivity contribution < 1.29 is 5.11 Å². The molecule has 0 aliphatic heterocycles. The first-order valence-corrected chi connectivity index (χ1v) is 5.93. The topological polar surface area (TPSA) is 20.2 Å². The van der Waals surface area contributed by atoms with E-state index in [0.29, 0.717) is 0 Å². The first-order valence-electron chi connectivity index (χ1n) is 5.93. The van der Waals surface area contributed by atoms with Crippen LogP contribution in [0.15, 0.2) is 36.4 Å². The Hall–Kier alpha value is -1.08. The summed E-state index contributed by atoms with van der Waals surface area (Å²) in [5.74, 6) is 0. The number of aryl methyl sites for hydroxylation is 1. The minimum atomic E-state index is -0.820. The van der Waals surface area contributed by atoms with Crippen molar-refractivity contribution >= 4 is 0 Å². The molecule has 1 N–H and O–H groups in total. The normalized spacial score (nSPS) is 28.0. The van der Waals surface area contributed by atoms with Crippen molar-refractivity contribution in [1.82, 2.24) is 0 Å². The van der Waals surface area contributed by atoms with Crippen molar-refractivity contribution in [2.45, 2.75) is 39.2 Å². The second kappa shape index (κ2) is 3.74. The molecule has 1 aliphatic rings. The average molecular weight is 216 g/mol. The fourth-order valence-corrected chi connectivity index (χ4v) is 2.41. The van der Waals surface area contributed by atoms with Crippen LogP contribution in [0.5, 0.6) is 0 Å². The van der Waals surface area contributed by atoms with E-state index in [2.05, 4.69) is 39.0 Å². The minimum Gasteiger partial charge on any atom is -0.380 e. The second-order valence-electron chi connectivity index (χ2n) is 5.46. The van der Waals surface area contributed by atoms with Gasteiger partial charge < -0.3 is 5.11 Å². The summed E-state index contributed by atoms with van der Waals surface area (Å²) in [4.78, 5) is 0. The van der Waals surface area contributed by atoms with Gasteiger partial charge in [-0.3, -0.25) is 0 Å². The molecule has 0 saturated heterocycles. The summed E-state index contributed by atoms with van der Waals surface area (Å²) < 4.78 is 0. The number of aliphatic hydroxyl groups is 1. The van der Waals surface area contributed by atoms with Crippen molar-refractivity contribution in [2.75, 3.05) is 0 Å². The van der Waals surface area contributed by atoms with Gasteiger partial charge in [-0.05, 0) is 25.3 Å². The van der Waals surface area contributed by atoms with Gasteiger partial charge in [0.05, 0.1) is 0 Å². The summed E-state index contributed by atoms with van der Waals surface area (Å²) in [5, 5.41) is 10.9. The summed E-state index contributed by atoms with van der Waals surface area (Å²) in [6.45, 7) is 6.34. The van der Waals surface area contributed by atoms with Gasteiger partial charge in [0, 0.05) is 5.41 Å². The molecule has 1 aromatic rings. The molecule has 0 radical (unpaired) electrons. The summed E-state index contributed by atoms with van der Waals surface area (Å²) in [6.07, 6.45) is 6.13. The van der Waals surface area contributed by atoms with Crippen LogP contribution >= 0.6 is 0 Å². The number of hydrogen-bond donors (Lipinski definition) is 1. The van der Waals surface area contributed by atoms with Crippen LogP contribution in [0.25, 0.3) is 0 Å². The van der Waals surface area contributed by atoms with Gasteiger partial charge >= 0.3 is 0 Å². The second-order valence-corrected chi connectivity index (χ2v) is 5.46. The monoisotopic (exact) mass is 216 g/mol. The molecular weight excluding hydrogens is 196 g/mol. The fourth-order valence-electron chi connectivity index (χ4n) is 2.41. The molecule has 86 valence electrons. The molecule has 1 heteroatoms. The summed E-state index contributed by atoms with van der Waals surface area (Å²) in [7, 11) is 0. The summed E-state index contributed by atoms with van der Waals surface area (Å²) in [5.41, 5.74) is 1.31. The highest BCUT2D eigenvalue weighted by Gasteiger charge is 2.43. The smallest absolute Gasteiger partial charge is 0.113 e. The Morgan fingerprint density at radius 1 is 1.12 bits per heavy atom. The number of allylic oxidation sites excluding steroid dienone is 1. The number of benzene rings is 1. The van der Waals surface area contributed by atoms with E-state index in [0.717, 1.165) is 18.4 Å². The van der Waals surface area contributed by atoms with Crippen LogP contribution in [0.3, 0.4) is 0 Å². The summed E-state index contributed by atoms with van der Waals surface area (Å²) in [6, 6.07) is 8.19. The number of rotatable bonds is 1. The van der Waals surface area contributed by atoms with E-state index in [1.54, 1.807) is 0 Å². The van der Waals surface area contributed by atoms with E-state index in [1.807, 2.05) is 18.2 Å². The van der Waals surface area contributed by atoms with E-state index < -0.39 is 5.60 Å². The van der Waals surface area contributed by atoms with Crippen LogP contribution in [0.4, 0.5) is 0 Å². The van der Waals surface area contributed by atoms with Gasteiger partial charge in [-0.2, -0.15) is 0 Å². The highest BCUT2D eigenvalue weighted by molar-refractivity contribution is 5.33. The molecule has 1 aromatic carbocycles. The Bertz CT molecular complexity index is 400. The zero-order valence-corrected chi connectivity index (χ0v) is 10.3. The predicted molar refractivity (Wildman–Crippen MR) is 67.2 cm³/mol. The Morgan fingerprint density at radius 2 is 1.75 bits per heavy atom. The van der Waals surface area contributed by atoms with Crippen molar-refractivity contribution in [3.63, 3.8) is 0 Å². The molecule has 0 fully saturated rings. The average Bonchev–Trinajstić information content (AvgIpc) is 2.23. The molecule has 0 saturated carbocycles. The predicted octanol–water partition coefficient (Wildman–Crippen LogP) is 3.56. The van der Waals surface area contributed by atoms with Gasteiger partial charge in [-0.25, -0.2) is 0 Å². The lowest BCUT2D eigenvalue weighted by atomic mass is 9.65. The molecule has 0 spiro atoms. The quantitative estimate of drug-likeness (QED) is 0.712. The first kappa shape index (κ1) is 11.4. The van der Waals surface area contributed by atoms with Gasteiger partial charge in [0.25, 0.3) is 0 Å². The molecule has 0 bridgehead atoms. The Labute approximate surface area is 97.8 Å². The van der Waals surface area contributed by atoms with Crippen molar-refractivity contribution in [3.8, 4) is 0 Å². The maximum absolute atomic E-state index is 10.9. The van der Waals surface area contributed by atoms with Gasteiger partial charge in [-0.15, -0.1) is 0 Å². The van der Waals surface area contributed by atoms with Crippen molar-refractivity contribution in [1.29, 1.82) is 0 Å². The third-order valence-electron chi connectivity index (χ3n) is 3.82. The largest absolute Gasteiger partial charge is 0.380 e. The van der Waals surface area contributed by atoms with E-state index in [-0.39, 0.29) is 5.41 Å². The zero-order chi connectivity index (χ0) is 11.8. The van der Waals surface area contributed by atoms with Crippen molar-refractivity contribution in [3.05, 3.63) is 47.5 Å². The molecular formula is C15H20O. The van der Waals surface area contributed by atoms with Crippen LogP contribution in [-0.4, -0.2) is 5.11 Å². The van der Waals surface area contributed by atoms with Gasteiger partial charge in [0.15, 0.2) is 0 Å².